The number of aliphatic carboxylic acids is 1. The lowest BCUT2D eigenvalue weighted by Gasteiger charge is -2.34. The first-order chi connectivity index (χ1) is 15.5. The van der Waals surface area contributed by atoms with Gasteiger partial charge < -0.3 is 29.5 Å². The fraction of sp³-hybridized carbons (Fsp3) is 0.522. The highest BCUT2D eigenvalue weighted by Crippen LogP contribution is 2.35. The first kappa shape index (κ1) is 23.7. The Morgan fingerprint density at radius 3 is 2.66 bits per heavy atom. The minimum atomic E-state index is -0.857. The number of nitrogens with one attached hydrogen (secondary N) is 1. The Balaban J connectivity index is 1.93. The number of rotatable bonds is 11. The van der Waals surface area contributed by atoms with Gasteiger partial charge in [0.1, 0.15) is 0 Å². The molecule has 1 saturated heterocycles. The van der Waals surface area contributed by atoms with Crippen LogP contribution in [0.4, 0.5) is 17.1 Å². The molecule has 1 aromatic heterocycles. The summed E-state index contributed by atoms with van der Waals surface area (Å²) in [6, 6.07) is 6.70. The van der Waals surface area contributed by atoms with Crippen molar-refractivity contribution in [2.45, 2.75) is 38.1 Å². The van der Waals surface area contributed by atoms with Crippen LogP contribution < -0.4 is 15.0 Å². The molecule has 9 nitrogen and oxygen atoms in total. The van der Waals surface area contributed by atoms with Gasteiger partial charge >= 0.3 is 12.0 Å². The second kappa shape index (κ2) is 11.6. The largest absolute Gasteiger partial charge is 0.481 e. The summed E-state index contributed by atoms with van der Waals surface area (Å²) in [5.41, 5.74) is 3.48. The van der Waals surface area contributed by atoms with Crippen molar-refractivity contribution in [3.8, 4) is 6.01 Å². The number of nitrogens with zero attached hydrogens (tertiary/aromatic N) is 3. The molecule has 0 bridgehead atoms. The topological polar surface area (TPSA) is 106 Å². The van der Waals surface area contributed by atoms with Crippen LogP contribution in [-0.4, -0.2) is 67.7 Å². The second-order valence-electron chi connectivity index (χ2n) is 7.79. The summed E-state index contributed by atoms with van der Waals surface area (Å²) in [7, 11) is 3.66. The predicted molar refractivity (Wildman–Crippen MR) is 122 cm³/mol. The molecule has 1 aliphatic heterocycles. The van der Waals surface area contributed by atoms with Gasteiger partial charge in [0.05, 0.1) is 49.1 Å². The number of carbonyl (C=O) groups is 1. The molecule has 0 aliphatic carbocycles. The monoisotopic (exact) mass is 444 g/mol. The maximum Gasteiger partial charge on any atom is 0.316 e. The van der Waals surface area contributed by atoms with Crippen LogP contribution >= 0.6 is 0 Å². The Kier molecular flexibility index (Phi) is 8.64. The van der Waals surface area contributed by atoms with Crippen molar-refractivity contribution in [1.82, 2.24) is 9.97 Å². The number of hydrogen-bond donors (Lipinski definition) is 2. The van der Waals surface area contributed by atoms with Gasteiger partial charge in [-0.2, -0.15) is 0 Å². The molecule has 0 radical (unpaired) electrons. The molecule has 9 heteroatoms. The van der Waals surface area contributed by atoms with Crippen molar-refractivity contribution in [1.29, 1.82) is 0 Å². The van der Waals surface area contributed by atoms with Gasteiger partial charge in [-0.25, -0.2) is 9.97 Å². The summed E-state index contributed by atoms with van der Waals surface area (Å²) >= 11 is 0. The average Bonchev–Trinajstić information content (AvgIpc) is 2.80. The molecule has 2 aromatic rings. The Bertz CT molecular complexity index is 871. The van der Waals surface area contributed by atoms with E-state index in [0.717, 1.165) is 43.0 Å². The van der Waals surface area contributed by atoms with Crippen molar-refractivity contribution >= 4 is 23.0 Å². The minimum absolute atomic E-state index is 0.00536. The molecule has 1 atom stereocenters. The number of anilines is 3. The summed E-state index contributed by atoms with van der Waals surface area (Å²) in [5.74, 6) is -1.11. The Labute approximate surface area is 188 Å². The third-order valence-corrected chi connectivity index (χ3v) is 5.58. The van der Waals surface area contributed by atoms with Crippen molar-refractivity contribution < 1.29 is 24.1 Å². The molecule has 3 rings (SSSR count). The van der Waals surface area contributed by atoms with Crippen LogP contribution in [0, 0.1) is 0 Å². The van der Waals surface area contributed by atoms with E-state index < -0.39 is 5.97 Å². The zero-order valence-corrected chi connectivity index (χ0v) is 18.9. The Morgan fingerprint density at radius 2 is 2.03 bits per heavy atom. The Morgan fingerprint density at radius 1 is 1.31 bits per heavy atom. The summed E-state index contributed by atoms with van der Waals surface area (Å²) in [5, 5.41) is 12.8. The van der Waals surface area contributed by atoms with Crippen LogP contribution in [0.25, 0.3) is 0 Å². The van der Waals surface area contributed by atoms with E-state index in [2.05, 4.69) is 27.2 Å². The molecule has 1 unspecified atom stereocenters. The molecule has 32 heavy (non-hydrogen) atoms. The number of carboxylic acid groups (broad SMARTS) is 1. The quantitative estimate of drug-likeness (QED) is 0.539. The van der Waals surface area contributed by atoms with E-state index in [1.807, 2.05) is 25.1 Å². The molecule has 1 fully saturated rings. The van der Waals surface area contributed by atoms with Crippen LogP contribution in [-0.2, 0) is 14.3 Å². The third-order valence-electron chi connectivity index (χ3n) is 5.58. The molecule has 0 amide bonds. The molecule has 1 aliphatic rings. The molecule has 174 valence electrons. The van der Waals surface area contributed by atoms with Gasteiger partial charge in [-0.3, -0.25) is 4.79 Å². The summed E-state index contributed by atoms with van der Waals surface area (Å²) in [4.78, 5) is 22.1. The number of methoxy groups -OCH3 is 1. The van der Waals surface area contributed by atoms with Crippen LogP contribution in [0.3, 0.4) is 0 Å². The fourth-order valence-corrected chi connectivity index (χ4v) is 3.91. The lowest BCUT2D eigenvalue weighted by molar-refractivity contribution is -0.137. The smallest absolute Gasteiger partial charge is 0.316 e. The molecule has 2 heterocycles. The fourth-order valence-electron chi connectivity index (χ4n) is 3.91. The number of aromatic nitrogens is 2. The highest BCUT2D eigenvalue weighted by atomic mass is 16.5. The van der Waals surface area contributed by atoms with Crippen LogP contribution in [0.1, 0.15) is 37.7 Å². The van der Waals surface area contributed by atoms with Gasteiger partial charge in [-0.1, -0.05) is 6.07 Å². The van der Waals surface area contributed by atoms with Crippen LogP contribution in [0.2, 0.25) is 0 Å². The lowest BCUT2D eigenvalue weighted by atomic mass is 9.95. The van der Waals surface area contributed by atoms with E-state index in [1.165, 1.54) is 0 Å². The first-order valence-corrected chi connectivity index (χ1v) is 10.9. The first-order valence-electron chi connectivity index (χ1n) is 10.9. The standard InChI is InChI=1S/C23H32N4O5/c1-4-32-23-24-13-18(14-25-23)26-20-11-16(17(15-30-3)12-22(28)29)5-6-21(20)27(2)19-7-9-31-10-8-19/h5-6,11,13-14,17,19,26H,4,7-10,12,15H2,1-3H3,(H,28,29). The minimum Gasteiger partial charge on any atom is -0.481 e. The normalized spacial score (nSPS) is 15.2. The van der Waals surface area contributed by atoms with Crippen molar-refractivity contribution in [3.05, 3.63) is 36.2 Å². The molecular formula is C23H32N4O5. The SMILES string of the molecule is CCOc1ncc(Nc2cc(C(COC)CC(=O)O)ccc2N(C)C2CCOCC2)cn1. The third kappa shape index (κ3) is 6.30. The van der Waals surface area contributed by atoms with E-state index in [4.69, 9.17) is 14.2 Å². The van der Waals surface area contributed by atoms with Crippen molar-refractivity contribution in [2.75, 3.05) is 50.8 Å². The van der Waals surface area contributed by atoms with Crippen LogP contribution in [0.5, 0.6) is 6.01 Å². The maximum atomic E-state index is 11.4. The molecular weight excluding hydrogens is 412 g/mol. The van der Waals surface area contributed by atoms with Gasteiger partial charge in [0.25, 0.3) is 0 Å². The van der Waals surface area contributed by atoms with Gasteiger partial charge in [0.2, 0.25) is 0 Å². The van der Waals surface area contributed by atoms with Gasteiger partial charge in [0, 0.05) is 39.3 Å². The lowest BCUT2D eigenvalue weighted by Crippen LogP contribution is -2.37. The molecule has 0 saturated carbocycles. The Hall–Kier alpha value is -2.91. The second-order valence-corrected chi connectivity index (χ2v) is 7.79. The highest BCUT2D eigenvalue weighted by molar-refractivity contribution is 5.76. The highest BCUT2D eigenvalue weighted by Gasteiger charge is 2.23. The van der Waals surface area contributed by atoms with E-state index in [0.29, 0.717) is 31.0 Å². The number of carboxylic acids is 1. The molecule has 1 aromatic carbocycles. The van der Waals surface area contributed by atoms with Crippen LogP contribution in [0.15, 0.2) is 30.6 Å². The number of ether oxygens (including phenoxy) is 3. The summed E-state index contributed by atoms with van der Waals surface area (Å²) in [6.07, 6.45) is 5.25. The predicted octanol–water partition coefficient (Wildman–Crippen LogP) is 3.44. The summed E-state index contributed by atoms with van der Waals surface area (Å²) < 4.78 is 16.1. The zero-order valence-electron chi connectivity index (χ0n) is 18.9. The van der Waals surface area contributed by atoms with Gasteiger partial charge in [0.15, 0.2) is 0 Å². The zero-order chi connectivity index (χ0) is 22.9. The molecule has 2 N–H and O–H groups in total. The van der Waals surface area contributed by atoms with E-state index in [-0.39, 0.29) is 12.3 Å². The van der Waals surface area contributed by atoms with E-state index in [1.54, 1.807) is 19.5 Å². The summed E-state index contributed by atoms with van der Waals surface area (Å²) in [6.45, 7) is 4.20. The van der Waals surface area contributed by atoms with Crippen molar-refractivity contribution in [2.24, 2.45) is 0 Å². The number of benzene rings is 1. The van der Waals surface area contributed by atoms with E-state index >= 15 is 0 Å². The van der Waals surface area contributed by atoms with E-state index in [9.17, 15) is 9.90 Å². The molecule has 0 spiro atoms. The number of hydrogen-bond acceptors (Lipinski definition) is 8. The van der Waals surface area contributed by atoms with Crippen molar-refractivity contribution in [3.63, 3.8) is 0 Å². The maximum absolute atomic E-state index is 11.4. The van der Waals surface area contributed by atoms with Gasteiger partial charge in [-0.05, 0) is 37.5 Å². The average molecular weight is 445 g/mol. The van der Waals surface area contributed by atoms with Gasteiger partial charge in [-0.15, -0.1) is 0 Å².